The highest BCUT2D eigenvalue weighted by molar-refractivity contribution is 5.86. The molecule has 150 valence electrons. The summed E-state index contributed by atoms with van der Waals surface area (Å²) in [6.45, 7) is 1.53. The monoisotopic (exact) mass is 389 g/mol. The van der Waals surface area contributed by atoms with Gasteiger partial charge in [0, 0.05) is 41.8 Å². The number of Topliss-reactive ketones (excluding diaryl/α,β-unsaturated/α-hetero) is 1. The normalized spacial score (nSPS) is 16.8. The second-order valence-corrected chi connectivity index (χ2v) is 8.48. The minimum atomic E-state index is 0.222. The SMILES string of the molecule is CN(CC(=O)Cc1cc2cc(-c3cnc4n3CCCC4)cnc2cn1)C1CCC1. The second-order valence-electron chi connectivity index (χ2n) is 8.48. The van der Waals surface area contributed by atoms with E-state index in [0.717, 1.165) is 40.8 Å². The molecule has 0 atom stereocenters. The third-order valence-electron chi connectivity index (χ3n) is 6.39. The molecule has 3 aromatic heterocycles. The second kappa shape index (κ2) is 7.67. The average molecular weight is 390 g/mol. The topological polar surface area (TPSA) is 63.9 Å². The molecular weight excluding hydrogens is 362 g/mol. The number of fused-ring (bicyclic) bond motifs is 2. The number of hydrogen-bond acceptors (Lipinski definition) is 5. The molecule has 0 aromatic carbocycles. The highest BCUT2D eigenvalue weighted by Crippen LogP contribution is 2.27. The van der Waals surface area contributed by atoms with Crippen molar-refractivity contribution in [1.29, 1.82) is 0 Å². The molecule has 0 amide bonds. The van der Waals surface area contributed by atoms with Crippen LogP contribution in [0.5, 0.6) is 0 Å². The van der Waals surface area contributed by atoms with Crippen LogP contribution in [0.2, 0.25) is 0 Å². The molecule has 6 nitrogen and oxygen atoms in total. The number of aryl methyl sites for hydroxylation is 1. The first kappa shape index (κ1) is 18.4. The van der Waals surface area contributed by atoms with Crippen LogP contribution in [0.4, 0.5) is 0 Å². The fourth-order valence-electron chi connectivity index (χ4n) is 4.45. The Morgan fingerprint density at radius 1 is 1.10 bits per heavy atom. The highest BCUT2D eigenvalue weighted by atomic mass is 16.1. The van der Waals surface area contributed by atoms with Crippen molar-refractivity contribution < 1.29 is 4.79 Å². The lowest BCUT2D eigenvalue weighted by molar-refractivity contribution is -0.120. The zero-order chi connectivity index (χ0) is 19.8. The van der Waals surface area contributed by atoms with E-state index in [4.69, 9.17) is 0 Å². The Morgan fingerprint density at radius 3 is 2.83 bits per heavy atom. The van der Waals surface area contributed by atoms with Crippen LogP contribution in [0.15, 0.2) is 30.7 Å². The molecule has 1 saturated carbocycles. The predicted octanol–water partition coefficient (Wildman–Crippen LogP) is 3.43. The van der Waals surface area contributed by atoms with Crippen molar-refractivity contribution in [2.24, 2.45) is 0 Å². The molecule has 1 fully saturated rings. The van der Waals surface area contributed by atoms with Gasteiger partial charge in [0.15, 0.2) is 5.78 Å². The summed E-state index contributed by atoms with van der Waals surface area (Å²) in [5.74, 6) is 1.39. The number of hydrogen-bond donors (Lipinski definition) is 0. The Labute approximate surface area is 171 Å². The number of ketones is 1. The van der Waals surface area contributed by atoms with Gasteiger partial charge >= 0.3 is 0 Å². The number of rotatable bonds is 6. The minimum Gasteiger partial charge on any atom is -0.328 e. The zero-order valence-corrected chi connectivity index (χ0v) is 17.0. The van der Waals surface area contributed by atoms with Crippen LogP contribution in [0, 0.1) is 0 Å². The molecule has 2 aliphatic rings. The number of imidazole rings is 1. The van der Waals surface area contributed by atoms with Crippen LogP contribution in [0.3, 0.4) is 0 Å². The summed E-state index contributed by atoms with van der Waals surface area (Å²) in [4.78, 5) is 28.4. The quantitative estimate of drug-likeness (QED) is 0.646. The van der Waals surface area contributed by atoms with Crippen molar-refractivity contribution in [3.8, 4) is 11.3 Å². The Hall–Kier alpha value is -2.60. The number of nitrogens with zero attached hydrogens (tertiary/aromatic N) is 5. The van der Waals surface area contributed by atoms with Crippen molar-refractivity contribution in [2.75, 3.05) is 13.6 Å². The van der Waals surface area contributed by atoms with Gasteiger partial charge in [-0.25, -0.2) is 4.98 Å². The molecule has 6 heteroatoms. The van der Waals surface area contributed by atoms with Gasteiger partial charge in [-0.1, -0.05) is 6.42 Å². The summed E-state index contributed by atoms with van der Waals surface area (Å²) in [5.41, 5.74) is 3.88. The molecule has 4 heterocycles. The van der Waals surface area contributed by atoms with E-state index in [0.29, 0.717) is 19.0 Å². The molecule has 5 rings (SSSR count). The van der Waals surface area contributed by atoms with Crippen LogP contribution >= 0.6 is 0 Å². The van der Waals surface area contributed by atoms with Gasteiger partial charge in [0.1, 0.15) is 5.82 Å². The van der Waals surface area contributed by atoms with E-state index in [1.807, 2.05) is 18.5 Å². The van der Waals surface area contributed by atoms with Crippen molar-refractivity contribution in [2.45, 2.75) is 57.5 Å². The Bertz CT molecular complexity index is 1050. The third-order valence-corrected chi connectivity index (χ3v) is 6.39. The summed E-state index contributed by atoms with van der Waals surface area (Å²) in [5, 5.41) is 1.03. The average Bonchev–Trinajstić information content (AvgIpc) is 3.10. The number of carbonyl (C=O) groups is 1. The summed E-state index contributed by atoms with van der Waals surface area (Å²) in [6.07, 6.45) is 13.2. The van der Waals surface area contributed by atoms with Crippen LogP contribution in [-0.4, -0.2) is 49.8 Å². The lowest BCUT2D eigenvalue weighted by Crippen LogP contribution is -2.40. The molecule has 0 radical (unpaired) electrons. The molecule has 0 saturated heterocycles. The smallest absolute Gasteiger partial charge is 0.152 e. The maximum atomic E-state index is 12.5. The number of carbonyl (C=O) groups excluding carboxylic acids is 1. The van der Waals surface area contributed by atoms with Gasteiger partial charge in [-0.2, -0.15) is 0 Å². The van der Waals surface area contributed by atoms with Gasteiger partial charge in [0.05, 0.1) is 36.6 Å². The zero-order valence-electron chi connectivity index (χ0n) is 17.0. The summed E-state index contributed by atoms with van der Waals surface area (Å²) in [7, 11) is 2.05. The van der Waals surface area contributed by atoms with Gasteiger partial charge in [-0.05, 0) is 44.9 Å². The summed E-state index contributed by atoms with van der Waals surface area (Å²) >= 11 is 0. The first-order valence-corrected chi connectivity index (χ1v) is 10.7. The van der Waals surface area contributed by atoms with Crippen molar-refractivity contribution in [3.63, 3.8) is 0 Å². The molecule has 0 N–H and O–H groups in total. The lowest BCUT2D eigenvalue weighted by Gasteiger charge is -2.34. The Kier molecular flexibility index (Phi) is 4.87. The van der Waals surface area contributed by atoms with E-state index >= 15 is 0 Å². The van der Waals surface area contributed by atoms with Gasteiger partial charge in [-0.3, -0.25) is 19.7 Å². The van der Waals surface area contributed by atoms with E-state index in [2.05, 4.69) is 37.5 Å². The molecule has 1 aliphatic carbocycles. The lowest BCUT2D eigenvalue weighted by atomic mass is 9.91. The molecule has 0 spiro atoms. The number of pyridine rings is 2. The maximum absolute atomic E-state index is 12.5. The van der Waals surface area contributed by atoms with Gasteiger partial charge in [-0.15, -0.1) is 0 Å². The molecule has 0 bridgehead atoms. The van der Waals surface area contributed by atoms with Gasteiger partial charge in [0.2, 0.25) is 0 Å². The first-order valence-electron chi connectivity index (χ1n) is 10.7. The van der Waals surface area contributed by atoms with Crippen LogP contribution in [-0.2, 0) is 24.2 Å². The largest absolute Gasteiger partial charge is 0.328 e. The third kappa shape index (κ3) is 3.69. The van der Waals surface area contributed by atoms with Gasteiger partial charge in [0.25, 0.3) is 0 Å². The van der Waals surface area contributed by atoms with E-state index in [1.54, 1.807) is 6.20 Å². The van der Waals surface area contributed by atoms with Crippen LogP contribution < -0.4 is 0 Å². The molecule has 3 aromatic rings. The van der Waals surface area contributed by atoms with Gasteiger partial charge < -0.3 is 4.57 Å². The summed E-state index contributed by atoms with van der Waals surface area (Å²) < 4.78 is 2.31. The van der Waals surface area contributed by atoms with Crippen LogP contribution in [0.1, 0.15) is 43.6 Å². The molecular formula is C23H27N5O. The summed E-state index contributed by atoms with van der Waals surface area (Å²) in [6, 6.07) is 4.75. The van der Waals surface area contributed by atoms with E-state index in [-0.39, 0.29) is 5.78 Å². The standard InChI is InChI=1S/C23H27N5O/c1-27(19-5-4-6-19)15-20(29)11-18-10-16-9-17(12-25-21(16)13-24-18)22-14-26-23-7-2-3-8-28(22)23/h9-10,12-14,19H,2-8,11,15H2,1H3. The predicted molar refractivity (Wildman–Crippen MR) is 113 cm³/mol. The minimum absolute atomic E-state index is 0.222. The Morgan fingerprint density at radius 2 is 2.00 bits per heavy atom. The fraction of sp³-hybridized carbons (Fsp3) is 0.478. The Balaban J connectivity index is 1.36. The molecule has 0 unspecified atom stereocenters. The van der Waals surface area contributed by atoms with E-state index in [1.165, 1.54) is 37.9 Å². The molecule has 1 aliphatic heterocycles. The first-order chi connectivity index (χ1) is 14.2. The van der Waals surface area contributed by atoms with Crippen molar-refractivity contribution >= 4 is 16.7 Å². The fourth-order valence-corrected chi connectivity index (χ4v) is 4.45. The van der Waals surface area contributed by atoms with E-state index < -0.39 is 0 Å². The maximum Gasteiger partial charge on any atom is 0.152 e. The molecule has 29 heavy (non-hydrogen) atoms. The number of aromatic nitrogens is 4. The number of likely N-dealkylation sites (N-methyl/N-ethyl adjacent to an activating group) is 1. The van der Waals surface area contributed by atoms with E-state index in [9.17, 15) is 4.79 Å². The van der Waals surface area contributed by atoms with Crippen LogP contribution in [0.25, 0.3) is 22.2 Å². The van der Waals surface area contributed by atoms with Crippen molar-refractivity contribution in [3.05, 3.63) is 42.2 Å². The van der Waals surface area contributed by atoms with Crippen molar-refractivity contribution in [1.82, 2.24) is 24.4 Å². The highest BCUT2D eigenvalue weighted by Gasteiger charge is 2.23.